The third kappa shape index (κ3) is 2.94. The van der Waals surface area contributed by atoms with E-state index in [2.05, 4.69) is 4.98 Å². The molecule has 0 bridgehead atoms. The molecule has 0 saturated carbocycles. The van der Waals surface area contributed by atoms with E-state index in [-0.39, 0.29) is 24.0 Å². The van der Waals surface area contributed by atoms with E-state index in [0.717, 1.165) is 22.2 Å². The highest BCUT2D eigenvalue weighted by molar-refractivity contribution is 8.13. The maximum atomic E-state index is 12.3. The summed E-state index contributed by atoms with van der Waals surface area (Å²) >= 11 is 0. The molecule has 1 fully saturated rings. The Morgan fingerprint density at radius 1 is 1.36 bits per heavy atom. The van der Waals surface area contributed by atoms with Crippen LogP contribution in [0, 0.1) is 12.8 Å². The molecule has 1 aromatic carbocycles. The van der Waals surface area contributed by atoms with Crippen LogP contribution in [-0.4, -0.2) is 31.6 Å². The van der Waals surface area contributed by atoms with Crippen LogP contribution in [0.2, 0.25) is 0 Å². The first-order valence-corrected chi connectivity index (χ1v) is 9.40. The smallest absolute Gasteiger partial charge is 0.232 e. The van der Waals surface area contributed by atoms with Gasteiger partial charge in [0.15, 0.2) is 0 Å². The number of aryl methyl sites for hydroxylation is 1. The van der Waals surface area contributed by atoms with Crippen LogP contribution in [0.1, 0.15) is 12.0 Å². The minimum atomic E-state index is -3.60. The molecule has 2 heterocycles. The van der Waals surface area contributed by atoms with Gasteiger partial charge in [-0.05, 0) is 30.7 Å². The Morgan fingerprint density at radius 2 is 2.14 bits per heavy atom. The molecule has 3 rings (SSSR count). The van der Waals surface area contributed by atoms with Crippen molar-refractivity contribution in [3.05, 3.63) is 36.0 Å². The van der Waals surface area contributed by atoms with E-state index < -0.39 is 9.05 Å². The number of amides is 1. The van der Waals surface area contributed by atoms with Gasteiger partial charge in [-0.25, -0.2) is 8.42 Å². The van der Waals surface area contributed by atoms with Crippen LogP contribution >= 0.6 is 10.7 Å². The molecule has 1 amide bonds. The summed E-state index contributed by atoms with van der Waals surface area (Å²) in [7, 11) is 1.70. The molecule has 0 spiro atoms. The highest BCUT2D eigenvalue weighted by Gasteiger charge is 2.33. The van der Waals surface area contributed by atoms with Gasteiger partial charge in [-0.15, -0.1) is 0 Å². The van der Waals surface area contributed by atoms with Crippen molar-refractivity contribution in [3.8, 4) is 0 Å². The van der Waals surface area contributed by atoms with E-state index in [1.165, 1.54) is 0 Å². The van der Waals surface area contributed by atoms with Crippen LogP contribution < -0.4 is 4.90 Å². The second-order valence-corrected chi connectivity index (χ2v) is 8.40. The summed E-state index contributed by atoms with van der Waals surface area (Å²) in [6.07, 6.45) is 1.91. The van der Waals surface area contributed by atoms with Crippen LogP contribution in [0.15, 0.2) is 30.5 Å². The molecule has 1 aromatic heterocycles. The van der Waals surface area contributed by atoms with Gasteiger partial charge in [0.2, 0.25) is 15.0 Å². The molecule has 7 heteroatoms. The van der Waals surface area contributed by atoms with Gasteiger partial charge in [0, 0.05) is 41.1 Å². The lowest BCUT2D eigenvalue weighted by Gasteiger charge is -2.19. The SMILES string of the molecule is Cc1ccc(N2CC(CS(=O)(=O)Cl)CC2=O)c2cccnc12. The molecular weight excluding hydrogens is 324 g/mol. The second kappa shape index (κ2) is 5.52. The van der Waals surface area contributed by atoms with E-state index in [9.17, 15) is 13.2 Å². The first-order valence-electron chi connectivity index (χ1n) is 6.92. The van der Waals surface area contributed by atoms with Crippen molar-refractivity contribution in [2.45, 2.75) is 13.3 Å². The summed E-state index contributed by atoms with van der Waals surface area (Å²) in [6, 6.07) is 7.55. The van der Waals surface area contributed by atoms with E-state index in [1.54, 1.807) is 11.1 Å². The largest absolute Gasteiger partial charge is 0.311 e. The Hall–Kier alpha value is -1.66. The van der Waals surface area contributed by atoms with Crippen LogP contribution in [0.4, 0.5) is 5.69 Å². The summed E-state index contributed by atoms with van der Waals surface area (Å²) in [5.74, 6) is -0.541. The number of carbonyl (C=O) groups is 1. The molecule has 0 N–H and O–H groups in total. The molecular formula is C15H15ClN2O3S. The van der Waals surface area contributed by atoms with Gasteiger partial charge in [0.1, 0.15) is 0 Å². The quantitative estimate of drug-likeness (QED) is 0.806. The summed E-state index contributed by atoms with van der Waals surface area (Å²) in [6.45, 7) is 2.33. The summed E-state index contributed by atoms with van der Waals surface area (Å²) < 4.78 is 22.4. The third-order valence-electron chi connectivity index (χ3n) is 3.88. The van der Waals surface area contributed by atoms with Crippen LogP contribution in [-0.2, 0) is 13.8 Å². The minimum absolute atomic E-state index is 0.0840. The van der Waals surface area contributed by atoms with Gasteiger partial charge in [-0.2, -0.15) is 0 Å². The van der Waals surface area contributed by atoms with Crippen molar-refractivity contribution in [3.63, 3.8) is 0 Å². The molecule has 0 aliphatic carbocycles. The molecule has 0 radical (unpaired) electrons. The van der Waals surface area contributed by atoms with E-state index in [4.69, 9.17) is 10.7 Å². The number of anilines is 1. The first-order chi connectivity index (χ1) is 10.3. The van der Waals surface area contributed by atoms with Crippen molar-refractivity contribution in [2.24, 2.45) is 5.92 Å². The lowest BCUT2D eigenvalue weighted by Crippen LogP contribution is -2.25. The summed E-state index contributed by atoms with van der Waals surface area (Å²) in [5, 5.41) is 0.894. The fraction of sp³-hybridized carbons (Fsp3) is 0.333. The van der Waals surface area contributed by atoms with Crippen molar-refractivity contribution < 1.29 is 13.2 Å². The van der Waals surface area contributed by atoms with Crippen molar-refractivity contribution in [2.75, 3.05) is 17.2 Å². The van der Waals surface area contributed by atoms with Gasteiger partial charge in [0.25, 0.3) is 0 Å². The molecule has 5 nitrogen and oxygen atoms in total. The van der Waals surface area contributed by atoms with Crippen molar-refractivity contribution in [1.29, 1.82) is 0 Å². The number of hydrogen-bond acceptors (Lipinski definition) is 4. The number of rotatable bonds is 3. The molecule has 1 unspecified atom stereocenters. The van der Waals surface area contributed by atoms with Gasteiger partial charge in [-0.3, -0.25) is 9.78 Å². The average molecular weight is 339 g/mol. The zero-order valence-corrected chi connectivity index (χ0v) is 13.6. The predicted octanol–water partition coefficient (Wildman–Crippen LogP) is 2.46. The first kappa shape index (κ1) is 15.2. The number of halogens is 1. The lowest BCUT2D eigenvalue weighted by molar-refractivity contribution is -0.117. The van der Waals surface area contributed by atoms with Crippen LogP contribution in [0.5, 0.6) is 0 Å². The van der Waals surface area contributed by atoms with Gasteiger partial charge in [0.05, 0.1) is 17.0 Å². The Bertz CT molecular complexity index is 851. The Morgan fingerprint density at radius 3 is 2.86 bits per heavy atom. The van der Waals surface area contributed by atoms with E-state index in [1.807, 2.05) is 31.2 Å². The van der Waals surface area contributed by atoms with Gasteiger partial charge in [-0.1, -0.05) is 6.07 Å². The Balaban J connectivity index is 1.98. The maximum absolute atomic E-state index is 12.3. The summed E-state index contributed by atoms with van der Waals surface area (Å²) in [5.41, 5.74) is 2.65. The monoisotopic (exact) mass is 338 g/mol. The zero-order chi connectivity index (χ0) is 15.9. The minimum Gasteiger partial charge on any atom is -0.311 e. The highest BCUT2D eigenvalue weighted by atomic mass is 35.7. The third-order valence-corrected chi connectivity index (χ3v) is 5.13. The van der Waals surface area contributed by atoms with E-state index >= 15 is 0 Å². The second-order valence-electron chi connectivity index (χ2n) is 5.58. The Labute approximate surface area is 133 Å². The van der Waals surface area contributed by atoms with Crippen LogP contribution in [0.3, 0.4) is 0 Å². The summed E-state index contributed by atoms with van der Waals surface area (Å²) in [4.78, 5) is 18.3. The van der Waals surface area contributed by atoms with E-state index in [0.29, 0.717) is 6.54 Å². The number of benzene rings is 1. The van der Waals surface area contributed by atoms with Crippen molar-refractivity contribution in [1.82, 2.24) is 4.98 Å². The molecule has 1 aliphatic heterocycles. The molecule has 22 heavy (non-hydrogen) atoms. The molecule has 1 saturated heterocycles. The van der Waals surface area contributed by atoms with Crippen molar-refractivity contribution >= 4 is 42.2 Å². The normalized spacial score (nSPS) is 19.1. The molecule has 2 aromatic rings. The average Bonchev–Trinajstić information content (AvgIpc) is 2.78. The molecule has 1 aliphatic rings. The number of nitrogens with zero attached hydrogens (tertiary/aromatic N) is 2. The lowest BCUT2D eigenvalue weighted by atomic mass is 10.1. The maximum Gasteiger partial charge on any atom is 0.232 e. The highest BCUT2D eigenvalue weighted by Crippen LogP contribution is 2.32. The standard InChI is InChI=1S/C15H15ClN2O3S/c1-10-4-5-13(12-3-2-6-17-15(10)12)18-8-11(7-14(18)19)9-22(16,20)21/h2-6,11H,7-9H2,1H3. The predicted molar refractivity (Wildman–Crippen MR) is 86.6 cm³/mol. The topological polar surface area (TPSA) is 67.3 Å². The number of carbonyl (C=O) groups excluding carboxylic acids is 1. The number of hydrogen-bond donors (Lipinski definition) is 0. The number of fused-ring (bicyclic) bond motifs is 1. The zero-order valence-electron chi connectivity index (χ0n) is 12.0. The van der Waals surface area contributed by atoms with Gasteiger partial charge < -0.3 is 4.90 Å². The Kier molecular flexibility index (Phi) is 3.82. The van der Waals surface area contributed by atoms with Crippen LogP contribution in [0.25, 0.3) is 10.9 Å². The van der Waals surface area contributed by atoms with Gasteiger partial charge >= 0.3 is 0 Å². The molecule has 116 valence electrons. The number of pyridine rings is 1. The fourth-order valence-corrected chi connectivity index (χ4v) is 4.26. The number of aromatic nitrogens is 1. The molecule has 1 atom stereocenters. The fourth-order valence-electron chi connectivity index (χ4n) is 2.94.